The summed E-state index contributed by atoms with van der Waals surface area (Å²) in [6, 6.07) is 16.9. The van der Waals surface area contributed by atoms with Crippen LogP contribution < -0.4 is 4.74 Å². The molecule has 0 aliphatic carbocycles. The van der Waals surface area contributed by atoms with Gasteiger partial charge in [0.1, 0.15) is 12.4 Å². The highest BCUT2D eigenvalue weighted by atomic mass is 35.5. The summed E-state index contributed by atoms with van der Waals surface area (Å²) >= 11 is 6.14. The molecular formula is C27H29ClN4O2. The molecule has 34 heavy (non-hydrogen) atoms. The standard InChI is InChI=1S/C27H29ClN4O2/c28-22-6-3-5-21(19-22)26-29-13-12-24(30-26)25-7-4-16-32(25)27(33)20-8-10-23(11-9-20)34-18-17-31-14-1-2-15-31/h3,5-6,8-13,19,25H,1-2,4,7,14-18H2/t25-/m1/s1. The zero-order valence-corrected chi connectivity index (χ0v) is 20.0. The largest absolute Gasteiger partial charge is 0.492 e. The lowest BCUT2D eigenvalue weighted by atomic mass is 10.1. The molecule has 2 fully saturated rings. The second-order valence-electron chi connectivity index (χ2n) is 8.89. The average Bonchev–Trinajstić information content (AvgIpc) is 3.57. The Kier molecular flexibility index (Phi) is 7.07. The zero-order valence-electron chi connectivity index (χ0n) is 19.2. The number of aromatic nitrogens is 2. The maximum absolute atomic E-state index is 13.3. The minimum atomic E-state index is -0.0650. The summed E-state index contributed by atoms with van der Waals surface area (Å²) in [7, 11) is 0. The zero-order chi connectivity index (χ0) is 23.3. The van der Waals surface area contributed by atoms with Crippen molar-refractivity contribution in [2.75, 3.05) is 32.8 Å². The lowest BCUT2D eigenvalue weighted by Gasteiger charge is -2.24. The van der Waals surface area contributed by atoms with Gasteiger partial charge in [-0.2, -0.15) is 0 Å². The molecule has 5 rings (SSSR count). The van der Waals surface area contributed by atoms with Crippen LogP contribution in [0, 0.1) is 0 Å². The molecule has 0 unspecified atom stereocenters. The smallest absolute Gasteiger partial charge is 0.254 e. The number of halogens is 1. The van der Waals surface area contributed by atoms with Crippen LogP contribution in [0.4, 0.5) is 0 Å². The van der Waals surface area contributed by atoms with E-state index in [9.17, 15) is 4.79 Å². The molecule has 6 nitrogen and oxygen atoms in total. The van der Waals surface area contributed by atoms with E-state index in [2.05, 4.69) is 9.88 Å². The van der Waals surface area contributed by atoms with Crippen molar-refractivity contribution in [3.63, 3.8) is 0 Å². The van der Waals surface area contributed by atoms with Gasteiger partial charge in [-0.05, 0) is 81.2 Å². The molecule has 2 aliphatic rings. The monoisotopic (exact) mass is 476 g/mol. The quantitative estimate of drug-likeness (QED) is 0.466. The molecule has 176 valence electrons. The fraction of sp³-hybridized carbons (Fsp3) is 0.370. The molecule has 0 radical (unpaired) electrons. The number of nitrogens with zero attached hydrogens (tertiary/aromatic N) is 4. The number of benzene rings is 2. The van der Waals surface area contributed by atoms with Gasteiger partial charge in [0.05, 0.1) is 11.7 Å². The number of hydrogen-bond donors (Lipinski definition) is 0. The summed E-state index contributed by atoms with van der Waals surface area (Å²) in [6.45, 7) is 4.67. The van der Waals surface area contributed by atoms with Gasteiger partial charge in [-0.25, -0.2) is 9.97 Å². The normalized spacial score (nSPS) is 18.4. The van der Waals surface area contributed by atoms with Gasteiger partial charge in [-0.3, -0.25) is 9.69 Å². The van der Waals surface area contributed by atoms with Gasteiger partial charge in [-0.1, -0.05) is 23.7 Å². The van der Waals surface area contributed by atoms with Gasteiger partial charge in [0.25, 0.3) is 5.91 Å². The van der Waals surface area contributed by atoms with Crippen LogP contribution in [0.1, 0.15) is 47.8 Å². The molecule has 0 saturated carbocycles. The summed E-state index contributed by atoms with van der Waals surface area (Å²) in [4.78, 5) is 26.9. The minimum absolute atomic E-state index is 0.0223. The summed E-state index contributed by atoms with van der Waals surface area (Å²) in [5, 5.41) is 0.646. The Morgan fingerprint density at radius 1 is 1.03 bits per heavy atom. The first-order valence-corrected chi connectivity index (χ1v) is 12.4. The summed E-state index contributed by atoms with van der Waals surface area (Å²) in [5.74, 6) is 1.44. The van der Waals surface area contributed by atoms with Crippen LogP contribution in [-0.2, 0) is 0 Å². The molecule has 7 heteroatoms. The van der Waals surface area contributed by atoms with Gasteiger partial charge in [0.15, 0.2) is 5.82 Å². The van der Waals surface area contributed by atoms with Crippen molar-refractivity contribution in [3.05, 3.63) is 77.1 Å². The fourth-order valence-electron chi connectivity index (χ4n) is 4.80. The van der Waals surface area contributed by atoms with Crippen molar-refractivity contribution in [1.82, 2.24) is 19.8 Å². The van der Waals surface area contributed by atoms with Gasteiger partial charge in [0, 0.05) is 35.4 Å². The molecule has 1 amide bonds. The third-order valence-electron chi connectivity index (χ3n) is 6.59. The Labute approximate surface area is 205 Å². The van der Waals surface area contributed by atoms with Crippen molar-refractivity contribution < 1.29 is 9.53 Å². The highest BCUT2D eigenvalue weighted by molar-refractivity contribution is 6.30. The van der Waals surface area contributed by atoms with Crippen LogP contribution >= 0.6 is 11.6 Å². The molecule has 2 aliphatic heterocycles. The fourth-order valence-corrected chi connectivity index (χ4v) is 4.99. The van der Waals surface area contributed by atoms with Crippen molar-refractivity contribution in [2.45, 2.75) is 31.7 Å². The molecule has 3 aromatic rings. The van der Waals surface area contributed by atoms with Crippen LogP contribution in [0.25, 0.3) is 11.4 Å². The molecule has 0 N–H and O–H groups in total. The van der Waals surface area contributed by atoms with E-state index < -0.39 is 0 Å². The van der Waals surface area contributed by atoms with Crippen LogP contribution in [0.5, 0.6) is 5.75 Å². The van der Waals surface area contributed by atoms with E-state index in [1.54, 1.807) is 6.20 Å². The lowest BCUT2D eigenvalue weighted by molar-refractivity contribution is 0.0733. The van der Waals surface area contributed by atoms with Crippen LogP contribution in [0.2, 0.25) is 5.02 Å². The predicted molar refractivity (Wildman–Crippen MR) is 133 cm³/mol. The van der Waals surface area contributed by atoms with Crippen LogP contribution in [0.3, 0.4) is 0 Å². The van der Waals surface area contributed by atoms with Crippen LogP contribution in [-0.4, -0.2) is 58.5 Å². The molecule has 0 spiro atoms. The maximum Gasteiger partial charge on any atom is 0.254 e. The topological polar surface area (TPSA) is 58.6 Å². The average molecular weight is 477 g/mol. The number of likely N-dealkylation sites (tertiary alicyclic amines) is 2. The first kappa shape index (κ1) is 22.8. The first-order valence-electron chi connectivity index (χ1n) is 12.0. The third-order valence-corrected chi connectivity index (χ3v) is 6.83. The molecule has 2 saturated heterocycles. The summed E-state index contributed by atoms with van der Waals surface area (Å²) in [5.41, 5.74) is 2.39. The minimum Gasteiger partial charge on any atom is -0.492 e. The van der Waals surface area contributed by atoms with Crippen LogP contribution in [0.15, 0.2) is 60.8 Å². The van der Waals surface area contributed by atoms with Gasteiger partial charge in [0.2, 0.25) is 0 Å². The number of carbonyl (C=O) groups is 1. The van der Waals surface area contributed by atoms with E-state index in [4.69, 9.17) is 21.3 Å². The van der Waals surface area contributed by atoms with Gasteiger partial charge >= 0.3 is 0 Å². The van der Waals surface area contributed by atoms with E-state index in [1.807, 2.05) is 59.5 Å². The van der Waals surface area contributed by atoms with Gasteiger partial charge < -0.3 is 9.64 Å². The first-order chi connectivity index (χ1) is 16.7. The molecule has 1 atom stereocenters. The Morgan fingerprint density at radius 2 is 1.85 bits per heavy atom. The van der Waals surface area contributed by atoms with Crippen molar-refractivity contribution >= 4 is 17.5 Å². The number of rotatable bonds is 7. The number of amides is 1. The van der Waals surface area contributed by atoms with Crippen molar-refractivity contribution in [1.29, 1.82) is 0 Å². The predicted octanol–water partition coefficient (Wildman–Crippen LogP) is 5.25. The van der Waals surface area contributed by atoms with E-state index in [0.29, 0.717) is 29.6 Å². The van der Waals surface area contributed by atoms with E-state index >= 15 is 0 Å². The number of carbonyl (C=O) groups excluding carboxylic acids is 1. The molecule has 1 aromatic heterocycles. The summed E-state index contributed by atoms with van der Waals surface area (Å²) in [6.07, 6.45) is 6.16. The maximum atomic E-state index is 13.3. The van der Waals surface area contributed by atoms with E-state index in [1.165, 1.54) is 25.9 Å². The second-order valence-corrected chi connectivity index (χ2v) is 9.33. The molecule has 2 aromatic carbocycles. The summed E-state index contributed by atoms with van der Waals surface area (Å²) < 4.78 is 5.89. The Morgan fingerprint density at radius 3 is 2.65 bits per heavy atom. The lowest BCUT2D eigenvalue weighted by Crippen LogP contribution is -2.31. The molecule has 3 heterocycles. The van der Waals surface area contributed by atoms with Crippen molar-refractivity contribution in [3.8, 4) is 17.1 Å². The highest BCUT2D eigenvalue weighted by Gasteiger charge is 2.32. The highest BCUT2D eigenvalue weighted by Crippen LogP contribution is 2.33. The number of hydrogen-bond acceptors (Lipinski definition) is 5. The Bertz CT molecular complexity index is 1130. The SMILES string of the molecule is O=C(c1ccc(OCCN2CCCC2)cc1)N1CCC[C@@H]1c1ccnc(-c2cccc(Cl)c2)n1. The van der Waals surface area contributed by atoms with E-state index in [-0.39, 0.29) is 11.9 Å². The Balaban J connectivity index is 1.25. The molecule has 0 bridgehead atoms. The van der Waals surface area contributed by atoms with Gasteiger partial charge in [-0.15, -0.1) is 0 Å². The van der Waals surface area contributed by atoms with E-state index in [0.717, 1.165) is 36.4 Å². The van der Waals surface area contributed by atoms with Crippen molar-refractivity contribution in [2.24, 2.45) is 0 Å². The Hall–Kier alpha value is -2.96. The molecular weight excluding hydrogens is 448 g/mol. The second kappa shape index (κ2) is 10.5. The third kappa shape index (κ3) is 5.24. The number of ether oxygens (including phenoxy) is 1.